The zero-order chi connectivity index (χ0) is 105. The van der Waals surface area contributed by atoms with Crippen molar-refractivity contribution in [2.45, 2.75) is 342 Å². The van der Waals surface area contributed by atoms with Crippen LogP contribution in [-0.2, 0) is 11.2 Å². The van der Waals surface area contributed by atoms with Crippen molar-refractivity contribution in [1.82, 2.24) is 4.90 Å². The maximum Gasteiger partial charge on any atom is 0.250 e. The van der Waals surface area contributed by atoms with Crippen molar-refractivity contribution in [2.75, 3.05) is 26.2 Å². The standard InChI is InChI=1S/C89H147N23O24/c1-45(2)40-56(70(125)108-89(24,25)81(136)112-39-29-32-57(112)71(126)102-63(46(3)4)72(127)110-88(22,23)80(135)111-87(20,21)78(133)101-54(34-37-59(91)116)68(123)100-53(33-36-58(90)115)67(122)97-52(44-113)41-51-30-27-26-28-31-51)98-61(118)42-93-75(130)83(12,13)109-73(128)64(47(5)6)103-79(134)86(18,19)107-69(124)55(35-38-60(92)117)99-65(120)48(7)95-77(132)85(16,17)106-66(121)49(8)96-76(131)84(14,15)105-62(119)43-94-74(129)82(10,11)104-50(9)114/h26-28,30-31,45-49,52-57,63-64,113H,29,32-44H2,1-25H3,(H2,90,115)(H2,91,116)(H2,92,117)(H,93,130)(H,94,129)(H,95,132)(H,96,131)(H,97,122)(H,98,118)(H,99,120)(H,100,123)(H,101,133)(H,102,126)(H,103,134)(H,104,114)(H,105,119)(H,106,121)(H,107,124)(H,108,125)(H,109,128)(H,110,127)(H,111,135). The molecule has 0 saturated carbocycles. The lowest BCUT2D eigenvalue weighted by Gasteiger charge is -2.31. The minimum Gasteiger partial charge on any atom is -0.497 e. The number of benzene rings is 1. The first-order valence-electron chi connectivity index (χ1n) is 44.2. The number of likely N-dealkylation sites (tertiary alicyclic amines) is 1. The molecule has 0 aromatic heterocycles. The van der Waals surface area contributed by atoms with E-state index in [2.05, 4.69) is 94.9 Å². The number of carbonyl (C=O) groups excluding carboxylic acids is 1. The first kappa shape index (κ1) is 119. The fourth-order valence-electron chi connectivity index (χ4n) is 12.6. The Labute approximate surface area is 792 Å². The Kier molecular flexibility index (Phi) is 44.7. The average Bonchev–Trinajstić information content (AvgIpc) is 1.70. The number of hydrogen-bond acceptors (Lipinski definition) is 24. The second kappa shape index (κ2) is 51.1. The van der Waals surface area contributed by atoms with Crippen molar-refractivity contribution >= 4 is 136 Å². The van der Waals surface area contributed by atoms with Crippen LogP contribution in [0.25, 0.3) is 0 Å². The van der Waals surface area contributed by atoms with E-state index in [1.54, 1.807) is 71.9 Å². The molecule has 1 aliphatic heterocycles. The predicted octanol–water partition coefficient (Wildman–Crippen LogP) is 13.3. The number of aliphatic imine (C=N–C) groups is 19. The van der Waals surface area contributed by atoms with E-state index in [4.69, 9.17) is 16.2 Å². The van der Waals surface area contributed by atoms with Gasteiger partial charge in [0.15, 0.2) is 23.6 Å². The summed E-state index contributed by atoms with van der Waals surface area (Å²) < 4.78 is 0. The van der Waals surface area contributed by atoms with E-state index in [9.17, 15) is 122 Å². The number of rotatable bonds is 54. The summed E-state index contributed by atoms with van der Waals surface area (Å²) in [6.45, 7) is 33.9. The Bertz CT molecular complexity index is 4890. The maximum absolute atomic E-state index is 14.6. The molecule has 0 aliphatic carbocycles. The summed E-state index contributed by atoms with van der Waals surface area (Å²) >= 11 is 0. The lowest BCUT2D eigenvalue weighted by atomic mass is 10.0. The number of amides is 1. The number of carbonyl (C=O) groups is 1. The molecule has 0 spiro atoms. The van der Waals surface area contributed by atoms with Crippen LogP contribution in [0.5, 0.6) is 0 Å². The molecule has 26 N–H and O–H groups in total. The summed E-state index contributed by atoms with van der Waals surface area (Å²) in [4.78, 5) is 95.0. The Balaban J connectivity index is 2.51. The van der Waals surface area contributed by atoms with Crippen LogP contribution in [-0.4, -0.2) is 389 Å². The van der Waals surface area contributed by atoms with Gasteiger partial charge in [0.1, 0.15) is 112 Å². The summed E-state index contributed by atoms with van der Waals surface area (Å²) in [5, 5.41) is 276. The van der Waals surface area contributed by atoms with Gasteiger partial charge >= 0.3 is 0 Å². The molecule has 47 nitrogen and oxygen atoms in total. The van der Waals surface area contributed by atoms with Crippen LogP contribution >= 0.6 is 0 Å². The van der Waals surface area contributed by atoms with Gasteiger partial charge in [-0.15, -0.1) is 0 Å². The van der Waals surface area contributed by atoms with Gasteiger partial charge in [0.25, 0.3) is 5.91 Å². The molecule has 0 radical (unpaired) electrons. The van der Waals surface area contributed by atoms with Gasteiger partial charge in [0, 0.05) is 32.7 Å². The minimum atomic E-state index is -1.88. The quantitative estimate of drug-likeness (QED) is 0.0213. The van der Waals surface area contributed by atoms with E-state index < -0.39 is 279 Å². The fraction of sp³-hybridized carbons (Fsp3) is 0.674. The van der Waals surface area contributed by atoms with E-state index in [1.807, 2.05) is 0 Å². The lowest BCUT2D eigenvalue weighted by molar-refractivity contribution is -0.135. The molecule has 0 bridgehead atoms. The van der Waals surface area contributed by atoms with Gasteiger partial charge in [-0.05, 0) is 193 Å². The maximum atomic E-state index is 14.6. The van der Waals surface area contributed by atoms with Crippen molar-refractivity contribution in [2.24, 2.45) is 113 Å². The fourth-order valence-corrected chi connectivity index (χ4v) is 12.6. The third-order valence-corrected chi connectivity index (χ3v) is 20.7. The van der Waals surface area contributed by atoms with Gasteiger partial charge < -0.3 is 122 Å². The summed E-state index contributed by atoms with van der Waals surface area (Å²) in [7, 11) is 0. The molecule has 762 valence electrons. The topological polar surface area (TPSA) is 792 Å². The molecule has 10 atom stereocenters. The molecule has 47 heteroatoms. The average molecular weight is 1920 g/mol. The summed E-state index contributed by atoms with van der Waals surface area (Å²) in [5.41, 5.74) is -13.1. The van der Waals surface area contributed by atoms with Crippen LogP contribution < -0.4 is 0 Å². The molecule has 1 saturated heterocycles. The molecule has 136 heavy (non-hydrogen) atoms. The van der Waals surface area contributed by atoms with Gasteiger partial charge in [-0.1, -0.05) is 71.9 Å². The van der Waals surface area contributed by atoms with Crippen LogP contribution in [0.1, 0.15) is 236 Å². The molecule has 1 fully saturated rings. The van der Waals surface area contributed by atoms with Gasteiger partial charge in [0.05, 0.1) is 12.6 Å². The lowest BCUT2D eigenvalue weighted by Crippen LogP contribution is -2.50. The zero-order valence-corrected chi connectivity index (χ0v) is 82.4. The van der Waals surface area contributed by atoms with E-state index in [0.29, 0.717) is 6.42 Å². The Morgan fingerprint density at radius 3 is 1.21 bits per heavy atom. The van der Waals surface area contributed by atoms with Gasteiger partial charge in [-0.3, -0.25) is 21.0 Å². The van der Waals surface area contributed by atoms with Gasteiger partial charge in [-0.25, -0.2) is 94.9 Å². The van der Waals surface area contributed by atoms with Crippen molar-refractivity contribution in [3.63, 3.8) is 0 Å². The number of hydrogen-bond donors (Lipinski definition) is 26. The smallest absolute Gasteiger partial charge is 0.250 e. The summed E-state index contributed by atoms with van der Waals surface area (Å²) in [6.07, 6.45) is -1.42. The first-order chi connectivity index (χ1) is 62.3. The largest absolute Gasteiger partial charge is 0.497 e. The molecule has 1 aliphatic rings. The second-order valence-electron chi connectivity index (χ2n) is 38.1. The van der Waals surface area contributed by atoms with Crippen LogP contribution in [0.15, 0.2) is 125 Å². The predicted molar refractivity (Wildman–Crippen MR) is 535 cm³/mol. The second-order valence-corrected chi connectivity index (χ2v) is 38.1. The highest BCUT2D eigenvalue weighted by molar-refractivity contribution is 6.00. The summed E-state index contributed by atoms with van der Waals surface area (Å²) in [5.74, 6) is -18.2. The molecular weight excluding hydrogens is 1780 g/mol. The SMILES string of the molecule is CC(O)=NC(C)(C)C(O)=NCC(O)=NC(C)(C)C(O)=NC(C)C(O)=NC(C)(C)C(O)=NC(C)C(O)=NC(CCC(=N)O)C(O)=NC(C)(C)C(O)=NC(C(O)=NC(C)(C)C(O)=NCC(O)=NC(CC(C)C)C(O)=NC(C)(C)C(=O)N1CCCC1C(O)=NC(C(O)=NC(C)(C)C(O)=NC(C)(C)C(O)=NC(CCC(=N)O)C(O)=NC(CCC(=N)O)C(O)=NC(CO)Cc1ccccc1)C(C)C)C(C)C. The van der Waals surface area contributed by atoms with Crippen LogP contribution in [0.2, 0.25) is 0 Å². The highest BCUT2D eigenvalue weighted by atomic mass is 16.3. The Morgan fingerprint density at radius 1 is 0.382 bits per heavy atom. The highest BCUT2D eigenvalue weighted by Crippen LogP contribution is 2.30. The third-order valence-electron chi connectivity index (χ3n) is 20.7. The van der Waals surface area contributed by atoms with Crippen molar-refractivity contribution in [3.05, 3.63) is 35.9 Å². The highest BCUT2D eigenvalue weighted by Gasteiger charge is 2.44. The Morgan fingerprint density at radius 2 is 0.750 bits per heavy atom. The molecule has 10 unspecified atom stereocenters. The molecule has 1 aromatic carbocycles. The number of nitrogens with zero attached hydrogens (tertiary/aromatic N) is 20. The van der Waals surface area contributed by atoms with Crippen LogP contribution in [0.3, 0.4) is 0 Å². The zero-order valence-electron chi connectivity index (χ0n) is 82.4. The van der Waals surface area contributed by atoms with Gasteiger partial charge in [-0.2, -0.15) is 0 Å². The third kappa shape index (κ3) is 38.8. The minimum absolute atomic E-state index is 0.0460. The molecule has 1 aromatic rings. The summed E-state index contributed by atoms with van der Waals surface area (Å²) in [6, 6.07) is -4.37. The van der Waals surface area contributed by atoms with Crippen LogP contribution in [0.4, 0.5) is 0 Å². The van der Waals surface area contributed by atoms with Crippen LogP contribution in [0, 0.1) is 34.0 Å². The van der Waals surface area contributed by atoms with Crippen molar-refractivity contribution < 1.29 is 122 Å². The first-order valence-corrected chi connectivity index (χ1v) is 44.2. The molecule has 2 rings (SSSR count). The molecule has 1 amide bonds. The molecular formula is C89H147N23O24. The van der Waals surface area contributed by atoms with E-state index in [1.165, 1.54) is 136 Å². The normalized spacial score (nSPS) is 18.7. The van der Waals surface area contributed by atoms with Crippen molar-refractivity contribution in [3.8, 4) is 0 Å². The van der Waals surface area contributed by atoms with E-state index in [-0.39, 0.29) is 63.3 Å². The van der Waals surface area contributed by atoms with Gasteiger partial charge in [0.2, 0.25) is 106 Å². The van der Waals surface area contributed by atoms with Crippen molar-refractivity contribution in [1.29, 1.82) is 16.2 Å². The van der Waals surface area contributed by atoms with E-state index in [0.717, 1.165) is 5.56 Å². The number of aliphatic hydroxyl groups excluding tert-OH is 23. The number of nitrogens with one attached hydrogen (secondary N) is 3. The monoisotopic (exact) mass is 1920 g/mol. The molecule has 1 heterocycles. The Hall–Kier alpha value is -13.0. The van der Waals surface area contributed by atoms with E-state index >= 15 is 0 Å². The number of aliphatic hydroxyl groups is 23.